The second-order valence-electron chi connectivity index (χ2n) is 12.9. The number of hydrogen-bond donors (Lipinski definition) is 11. The van der Waals surface area contributed by atoms with Crippen LogP contribution in [0.4, 0.5) is 0 Å². The van der Waals surface area contributed by atoms with Crippen molar-refractivity contribution in [3.05, 3.63) is 29.8 Å². The van der Waals surface area contributed by atoms with Gasteiger partial charge in [0.05, 0.1) is 12.1 Å². The van der Waals surface area contributed by atoms with Gasteiger partial charge in [-0.2, -0.15) is 0 Å². The monoisotopic (exact) mass is 774 g/mol. The van der Waals surface area contributed by atoms with E-state index in [-0.39, 0.29) is 18.1 Å². The standard InChI is InChI=1S/C32H51N6O14P/c1-7-16(4)25(32(47)48)37-31(46)26(18(6)39)38-28(43)21(12-13-23(40)41)35-29(44)22(14-19-8-10-20(11-9-19)52-53(49,50)51)36-27(42)17(5)34-30(45)24(33)15(2)3/h8-11,15-18,21-22,24-26,39H,7,12-14,33H2,1-6H3,(H,34,45)(H,35,44)(H,36,42)(H,37,46)(H,38,43)(H,40,41)(H,47,48)(H2,49,50,51)/t16-,17-,18+,21-,22-,24-,25-,26-/m0/s1. The van der Waals surface area contributed by atoms with Gasteiger partial charge in [-0.05, 0) is 49.8 Å². The van der Waals surface area contributed by atoms with Crippen LogP contribution in [0, 0.1) is 11.8 Å². The molecule has 0 bridgehead atoms. The largest absolute Gasteiger partial charge is 0.524 e. The molecule has 0 aromatic heterocycles. The van der Waals surface area contributed by atoms with Gasteiger partial charge < -0.3 is 52.2 Å². The van der Waals surface area contributed by atoms with E-state index in [2.05, 4.69) is 31.1 Å². The highest BCUT2D eigenvalue weighted by molar-refractivity contribution is 7.46. The van der Waals surface area contributed by atoms with E-state index in [0.717, 1.165) is 6.92 Å². The van der Waals surface area contributed by atoms with Crippen LogP contribution in [0.1, 0.15) is 66.4 Å². The van der Waals surface area contributed by atoms with Gasteiger partial charge in [0.1, 0.15) is 36.0 Å². The average Bonchev–Trinajstić information content (AvgIpc) is 3.05. The van der Waals surface area contributed by atoms with Gasteiger partial charge in [-0.1, -0.05) is 46.2 Å². The zero-order valence-electron chi connectivity index (χ0n) is 30.3. The predicted molar refractivity (Wildman–Crippen MR) is 187 cm³/mol. The van der Waals surface area contributed by atoms with Crippen LogP contribution in [0.15, 0.2) is 24.3 Å². The molecule has 20 nitrogen and oxygen atoms in total. The van der Waals surface area contributed by atoms with Crippen LogP contribution in [0.2, 0.25) is 0 Å². The number of aliphatic hydroxyl groups is 1. The van der Waals surface area contributed by atoms with E-state index in [1.807, 2.05) is 0 Å². The molecule has 0 fully saturated rings. The van der Waals surface area contributed by atoms with Crippen molar-refractivity contribution in [2.24, 2.45) is 17.6 Å². The van der Waals surface area contributed by atoms with Gasteiger partial charge in [-0.3, -0.25) is 38.6 Å². The Morgan fingerprint density at radius 2 is 1.28 bits per heavy atom. The minimum atomic E-state index is -4.89. The van der Waals surface area contributed by atoms with Crippen molar-refractivity contribution < 1.29 is 67.8 Å². The molecule has 0 aliphatic carbocycles. The van der Waals surface area contributed by atoms with E-state index in [1.165, 1.54) is 31.2 Å². The number of amides is 5. The lowest BCUT2D eigenvalue weighted by Crippen LogP contribution is -2.61. The Bertz CT molecular complexity index is 1500. The fourth-order valence-electron chi connectivity index (χ4n) is 4.64. The average molecular weight is 775 g/mol. The molecule has 12 N–H and O–H groups in total. The van der Waals surface area contributed by atoms with Crippen LogP contribution in [0.5, 0.6) is 5.75 Å². The summed E-state index contributed by atoms with van der Waals surface area (Å²) in [6, 6.07) is -3.44. The number of aliphatic hydroxyl groups excluding tert-OH is 1. The van der Waals surface area contributed by atoms with E-state index in [1.54, 1.807) is 27.7 Å². The molecular formula is C32H51N6O14P. The fraction of sp³-hybridized carbons (Fsp3) is 0.594. The zero-order valence-corrected chi connectivity index (χ0v) is 31.2. The maximum absolute atomic E-state index is 13.7. The number of rotatable bonds is 22. The quantitative estimate of drug-likeness (QED) is 0.0598. The molecule has 53 heavy (non-hydrogen) atoms. The number of phosphoric ester groups is 1. The van der Waals surface area contributed by atoms with Gasteiger partial charge >= 0.3 is 19.8 Å². The molecule has 0 unspecified atom stereocenters. The highest BCUT2D eigenvalue weighted by Gasteiger charge is 2.35. The SMILES string of the molecule is CC[C@H](C)[C@H](NC(=O)[C@@H](NC(=O)[C@H](CCC(=O)O)NC(=O)[C@H](Cc1ccc(OP(=O)(O)O)cc1)NC(=O)[C@H](C)NC(=O)[C@@H](N)C(C)C)[C@@H](C)O)C(=O)O. The second kappa shape index (κ2) is 21.2. The van der Waals surface area contributed by atoms with E-state index < -0.39 is 110 Å². The molecule has 5 amide bonds. The summed E-state index contributed by atoms with van der Waals surface area (Å²) >= 11 is 0. The number of carboxylic acid groups (broad SMARTS) is 2. The molecule has 0 heterocycles. The van der Waals surface area contributed by atoms with Crippen molar-refractivity contribution >= 4 is 49.3 Å². The number of carboxylic acids is 2. The Labute approximate surface area is 306 Å². The lowest BCUT2D eigenvalue weighted by molar-refractivity contribution is -0.144. The molecule has 0 aliphatic rings. The van der Waals surface area contributed by atoms with Crippen molar-refractivity contribution in [1.82, 2.24) is 26.6 Å². The molecule has 21 heteroatoms. The number of hydrogen-bond acceptors (Lipinski definition) is 11. The summed E-state index contributed by atoms with van der Waals surface area (Å²) < 4.78 is 15.7. The van der Waals surface area contributed by atoms with Crippen molar-refractivity contribution in [3.63, 3.8) is 0 Å². The Morgan fingerprint density at radius 3 is 1.75 bits per heavy atom. The third-order valence-corrected chi connectivity index (χ3v) is 8.56. The fourth-order valence-corrected chi connectivity index (χ4v) is 5.03. The smallest absolute Gasteiger partial charge is 0.481 e. The molecule has 8 atom stereocenters. The van der Waals surface area contributed by atoms with E-state index >= 15 is 0 Å². The summed E-state index contributed by atoms with van der Waals surface area (Å²) in [7, 11) is -4.89. The maximum atomic E-state index is 13.7. The van der Waals surface area contributed by atoms with E-state index in [9.17, 15) is 53.4 Å². The normalized spacial score (nSPS) is 16.0. The Balaban J connectivity index is 3.41. The molecule has 0 saturated carbocycles. The zero-order chi connectivity index (χ0) is 40.8. The first-order valence-electron chi connectivity index (χ1n) is 16.7. The van der Waals surface area contributed by atoms with Crippen molar-refractivity contribution in [1.29, 1.82) is 0 Å². The summed E-state index contributed by atoms with van der Waals surface area (Å²) in [6.45, 7) is 9.12. The predicted octanol–water partition coefficient (Wildman–Crippen LogP) is -1.50. The van der Waals surface area contributed by atoms with Crippen molar-refractivity contribution in [2.45, 2.75) is 110 Å². The van der Waals surface area contributed by atoms with Crippen molar-refractivity contribution in [2.75, 3.05) is 0 Å². The summed E-state index contributed by atoms with van der Waals surface area (Å²) in [6.07, 6.45) is -2.70. The van der Waals surface area contributed by atoms with Gasteiger partial charge in [0, 0.05) is 12.8 Å². The molecule has 1 rings (SSSR count). The first kappa shape index (κ1) is 46.4. The van der Waals surface area contributed by atoms with Crippen LogP contribution >= 0.6 is 7.82 Å². The van der Waals surface area contributed by atoms with Crippen molar-refractivity contribution in [3.8, 4) is 5.75 Å². The summed E-state index contributed by atoms with van der Waals surface area (Å²) in [4.78, 5) is 107. The van der Waals surface area contributed by atoms with Crippen LogP contribution in [0.25, 0.3) is 0 Å². The Morgan fingerprint density at radius 1 is 0.755 bits per heavy atom. The highest BCUT2D eigenvalue weighted by Crippen LogP contribution is 2.37. The van der Waals surface area contributed by atoms with Crippen LogP contribution in [-0.4, -0.2) is 109 Å². The third-order valence-electron chi connectivity index (χ3n) is 8.11. The minimum Gasteiger partial charge on any atom is -0.481 e. The summed E-state index contributed by atoms with van der Waals surface area (Å²) in [5.41, 5.74) is 6.17. The first-order chi connectivity index (χ1) is 24.5. The number of carbonyl (C=O) groups is 7. The van der Waals surface area contributed by atoms with E-state index in [0.29, 0.717) is 12.0 Å². The van der Waals surface area contributed by atoms with Crippen LogP contribution < -0.4 is 36.8 Å². The summed E-state index contributed by atoms with van der Waals surface area (Å²) in [5.74, 6) is -8.45. The van der Waals surface area contributed by atoms with Gasteiger partial charge in [0.15, 0.2) is 0 Å². The molecule has 0 spiro atoms. The van der Waals surface area contributed by atoms with Gasteiger partial charge in [0.25, 0.3) is 0 Å². The highest BCUT2D eigenvalue weighted by atomic mass is 31.2. The molecule has 298 valence electrons. The van der Waals surface area contributed by atoms with Crippen LogP contribution in [0.3, 0.4) is 0 Å². The van der Waals surface area contributed by atoms with Gasteiger partial charge in [0.2, 0.25) is 29.5 Å². The Hall–Kier alpha value is -4.62. The molecule has 1 aromatic rings. The number of nitrogens with two attached hydrogens (primary N) is 1. The summed E-state index contributed by atoms with van der Waals surface area (Å²) in [5, 5.41) is 41.0. The van der Waals surface area contributed by atoms with Gasteiger partial charge in [-0.25, -0.2) is 9.36 Å². The number of carbonyl (C=O) groups excluding carboxylic acids is 5. The first-order valence-corrected chi connectivity index (χ1v) is 18.2. The third kappa shape index (κ3) is 16.3. The second-order valence-corrected chi connectivity index (χ2v) is 14.1. The number of benzene rings is 1. The molecular weight excluding hydrogens is 723 g/mol. The molecule has 1 aromatic carbocycles. The minimum absolute atomic E-state index is 0.217. The molecule has 0 aliphatic heterocycles. The van der Waals surface area contributed by atoms with Gasteiger partial charge in [-0.15, -0.1) is 0 Å². The number of aliphatic carboxylic acids is 2. The number of phosphoric acid groups is 1. The number of nitrogens with one attached hydrogen (secondary N) is 5. The topological polar surface area (TPSA) is 333 Å². The lowest BCUT2D eigenvalue weighted by atomic mass is 9.98. The van der Waals surface area contributed by atoms with Crippen LogP contribution in [-0.2, 0) is 44.5 Å². The Kier molecular flexibility index (Phi) is 18.5. The van der Waals surface area contributed by atoms with E-state index in [4.69, 9.17) is 15.5 Å². The maximum Gasteiger partial charge on any atom is 0.524 e. The lowest BCUT2D eigenvalue weighted by Gasteiger charge is -2.28. The molecule has 0 radical (unpaired) electrons. The molecule has 0 saturated heterocycles.